The molecule has 4 unspecified atom stereocenters. The maximum absolute atomic E-state index is 13.8. The largest absolute Gasteiger partial charge is 0.368 e. The number of likely N-dealkylation sites (tertiary alicyclic amines) is 1. The van der Waals surface area contributed by atoms with Gasteiger partial charge in [-0.1, -0.05) is 31.0 Å². The lowest BCUT2D eigenvalue weighted by atomic mass is 9.84. The minimum Gasteiger partial charge on any atom is -0.368 e. The lowest BCUT2D eigenvalue weighted by molar-refractivity contribution is -0.140. The molecule has 1 saturated carbocycles. The smallest absolute Gasteiger partial charge is 0.240 e. The molecule has 1 heterocycles. The number of hydrogen-bond acceptors (Lipinski definition) is 3. The van der Waals surface area contributed by atoms with Crippen molar-refractivity contribution in [1.29, 1.82) is 0 Å². The van der Waals surface area contributed by atoms with Gasteiger partial charge in [0.05, 0.1) is 0 Å². The van der Waals surface area contributed by atoms with E-state index in [4.69, 9.17) is 11.5 Å². The highest BCUT2D eigenvalue weighted by Gasteiger charge is 2.46. The van der Waals surface area contributed by atoms with Gasteiger partial charge in [-0.25, -0.2) is 4.39 Å². The molecule has 3 rings (SSSR count). The molecule has 0 aromatic heterocycles. The van der Waals surface area contributed by atoms with Crippen LogP contribution in [0.4, 0.5) is 4.39 Å². The van der Waals surface area contributed by atoms with Gasteiger partial charge in [-0.2, -0.15) is 0 Å². The molecule has 2 amide bonds. The van der Waals surface area contributed by atoms with Crippen LogP contribution in [0.5, 0.6) is 0 Å². The molecule has 0 radical (unpaired) electrons. The van der Waals surface area contributed by atoms with Crippen LogP contribution in [0.2, 0.25) is 0 Å². The molecule has 1 aromatic carbocycles. The number of benzene rings is 1. The maximum atomic E-state index is 13.8. The molecule has 1 aliphatic carbocycles. The Kier molecular flexibility index (Phi) is 5.37. The average Bonchev–Trinajstić information content (AvgIpc) is 2.97. The maximum Gasteiger partial charge on any atom is 0.240 e. The standard InChI is InChI=1S/C19H26FN3O2/c20-15-7-3-1-5-12(15)9-14(21)11-18(24)23-16-8-4-2-6-13(16)10-17(23)19(22)25/h1,3,5,7,13-14,16-17H,2,4,6,8-11,21H2,(H2,22,25). The summed E-state index contributed by atoms with van der Waals surface area (Å²) in [5.41, 5.74) is 12.1. The first-order valence-electron chi connectivity index (χ1n) is 9.07. The predicted molar refractivity (Wildman–Crippen MR) is 92.9 cm³/mol. The SMILES string of the molecule is NC(=O)C1CC2CCCCC2N1C(=O)CC(N)Cc1ccccc1F. The Morgan fingerprint density at radius 1 is 1.24 bits per heavy atom. The highest BCUT2D eigenvalue weighted by molar-refractivity contribution is 5.88. The van der Waals surface area contributed by atoms with Crippen molar-refractivity contribution in [3.63, 3.8) is 0 Å². The van der Waals surface area contributed by atoms with E-state index in [2.05, 4.69) is 0 Å². The van der Waals surface area contributed by atoms with Crippen molar-refractivity contribution in [2.24, 2.45) is 17.4 Å². The number of nitrogens with two attached hydrogens (primary N) is 2. The van der Waals surface area contributed by atoms with Crippen molar-refractivity contribution in [3.8, 4) is 0 Å². The molecule has 2 aliphatic rings. The van der Waals surface area contributed by atoms with Crippen LogP contribution >= 0.6 is 0 Å². The molecule has 1 aromatic rings. The van der Waals surface area contributed by atoms with Crippen LogP contribution in [-0.2, 0) is 16.0 Å². The summed E-state index contributed by atoms with van der Waals surface area (Å²) in [6.07, 6.45) is 5.22. The number of hydrogen-bond donors (Lipinski definition) is 2. The zero-order valence-electron chi connectivity index (χ0n) is 14.4. The highest BCUT2D eigenvalue weighted by Crippen LogP contribution is 2.40. The second kappa shape index (κ2) is 7.52. The van der Waals surface area contributed by atoms with E-state index in [-0.39, 0.29) is 24.2 Å². The first kappa shape index (κ1) is 17.9. The predicted octanol–water partition coefficient (Wildman–Crippen LogP) is 1.73. The number of fused-ring (bicyclic) bond motifs is 1. The zero-order valence-corrected chi connectivity index (χ0v) is 14.4. The number of rotatable bonds is 5. The third-order valence-corrected chi connectivity index (χ3v) is 5.58. The summed E-state index contributed by atoms with van der Waals surface area (Å²) in [5, 5.41) is 0. The van der Waals surface area contributed by atoms with Gasteiger partial charge in [0.15, 0.2) is 0 Å². The third kappa shape index (κ3) is 3.84. The summed E-state index contributed by atoms with van der Waals surface area (Å²) in [7, 11) is 0. The Morgan fingerprint density at radius 2 is 1.96 bits per heavy atom. The number of primary amides is 1. The molecule has 136 valence electrons. The van der Waals surface area contributed by atoms with E-state index < -0.39 is 18.0 Å². The molecule has 1 saturated heterocycles. The molecular formula is C19H26FN3O2. The molecule has 5 nitrogen and oxygen atoms in total. The summed E-state index contributed by atoms with van der Waals surface area (Å²) < 4.78 is 13.8. The van der Waals surface area contributed by atoms with E-state index in [0.717, 1.165) is 25.7 Å². The van der Waals surface area contributed by atoms with Gasteiger partial charge in [-0.05, 0) is 43.2 Å². The van der Waals surface area contributed by atoms with Gasteiger partial charge < -0.3 is 16.4 Å². The van der Waals surface area contributed by atoms with Crippen LogP contribution in [0.25, 0.3) is 0 Å². The fraction of sp³-hybridized carbons (Fsp3) is 0.579. The summed E-state index contributed by atoms with van der Waals surface area (Å²) in [4.78, 5) is 26.4. The van der Waals surface area contributed by atoms with Gasteiger partial charge in [-0.15, -0.1) is 0 Å². The van der Waals surface area contributed by atoms with E-state index in [9.17, 15) is 14.0 Å². The van der Waals surface area contributed by atoms with Crippen molar-refractivity contribution in [3.05, 3.63) is 35.6 Å². The molecule has 1 aliphatic heterocycles. The van der Waals surface area contributed by atoms with Crippen LogP contribution in [0.1, 0.15) is 44.1 Å². The fourth-order valence-electron chi connectivity index (χ4n) is 4.42. The van der Waals surface area contributed by atoms with Gasteiger partial charge >= 0.3 is 0 Å². The van der Waals surface area contributed by atoms with Gasteiger partial charge in [0.2, 0.25) is 11.8 Å². The van der Waals surface area contributed by atoms with Crippen LogP contribution in [-0.4, -0.2) is 34.8 Å². The van der Waals surface area contributed by atoms with E-state index in [0.29, 0.717) is 24.3 Å². The van der Waals surface area contributed by atoms with Crippen molar-refractivity contribution < 1.29 is 14.0 Å². The number of carbonyl (C=O) groups is 2. The Bertz CT molecular complexity index is 651. The van der Waals surface area contributed by atoms with Crippen molar-refractivity contribution in [1.82, 2.24) is 4.90 Å². The second-order valence-corrected chi connectivity index (χ2v) is 7.33. The fourth-order valence-corrected chi connectivity index (χ4v) is 4.42. The Hall–Kier alpha value is -1.95. The van der Waals surface area contributed by atoms with Crippen LogP contribution < -0.4 is 11.5 Å². The molecule has 25 heavy (non-hydrogen) atoms. The Labute approximate surface area is 147 Å². The minimum absolute atomic E-state index is 0.0967. The quantitative estimate of drug-likeness (QED) is 0.850. The summed E-state index contributed by atoms with van der Waals surface area (Å²) in [6.45, 7) is 0. The van der Waals surface area contributed by atoms with Crippen molar-refractivity contribution in [2.75, 3.05) is 0 Å². The van der Waals surface area contributed by atoms with Gasteiger partial charge in [0.1, 0.15) is 11.9 Å². The first-order chi connectivity index (χ1) is 12.0. The first-order valence-corrected chi connectivity index (χ1v) is 9.07. The van der Waals surface area contributed by atoms with Crippen LogP contribution in [0.3, 0.4) is 0 Å². The van der Waals surface area contributed by atoms with E-state index in [1.807, 2.05) is 0 Å². The van der Waals surface area contributed by atoms with E-state index in [1.54, 1.807) is 23.1 Å². The molecule has 2 fully saturated rings. The average molecular weight is 347 g/mol. The van der Waals surface area contributed by atoms with E-state index in [1.165, 1.54) is 6.07 Å². The summed E-state index contributed by atoms with van der Waals surface area (Å²) in [5.74, 6) is -0.528. The normalized spacial score (nSPS) is 27.0. The Morgan fingerprint density at radius 3 is 2.68 bits per heavy atom. The topological polar surface area (TPSA) is 89.4 Å². The van der Waals surface area contributed by atoms with Gasteiger partial charge in [-0.3, -0.25) is 9.59 Å². The summed E-state index contributed by atoms with van der Waals surface area (Å²) >= 11 is 0. The molecule has 4 N–H and O–H groups in total. The highest BCUT2D eigenvalue weighted by atomic mass is 19.1. The number of amides is 2. The van der Waals surface area contributed by atoms with Gasteiger partial charge in [0, 0.05) is 18.5 Å². The minimum atomic E-state index is -0.527. The zero-order chi connectivity index (χ0) is 18.0. The summed E-state index contributed by atoms with van der Waals surface area (Å²) in [6, 6.07) is 5.53. The molecule has 0 bridgehead atoms. The van der Waals surface area contributed by atoms with Crippen molar-refractivity contribution >= 4 is 11.8 Å². The van der Waals surface area contributed by atoms with Crippen LogP contribution in [0.15, 0.2) is 24.3 Å². The molecule has 0 spiro atoms. The van der Waals surface area contributed by atoms with E-state index >= 15 is 0 Å². The second-order valence-electron chi connectivity index (χ2n) is 7.33. The van der Waals surface area contributed by atoms with Crippen LogP contribution in [0, 0.1) is 11.7 Å². The molecule has 6 heteroatoms. The monoisotopic (exact) mass is 347 g/mol. The third-order valence-electron chi connectivity index (χ3n) is 5.58. The van der Waals surface area contributed by atoms with Crippen molar-refractivity contribution in [2.45, 2.75) is 63.1 Å². The van der Waals surface area contributed by atoms with Gasteiger partial charge in [0.25, 0.3) is 0 Å². The number of halogens is 1. The number of nitrogens with zero attached hydrogens (tertiary/aromatic N) is 1. The Balaban J connectivity index is 1.68. The molecule has 4 atom stereocenters. The lowest BCUT2D eigenvalue weighted by Gasteiger charge is -2.34. The lowest BCUT2D eigenvalue weighted by Crippen LogP contribution is -2.49. The molecular weight excluding hydrogens is 321 g/mol. The number of carbonyl (C=O) groups excluding carboxylic acids is 2.